The Morgan fingerprint density at radius 2 is 2.15 bits per heavy atom. The van der Waals surface area contributed by atoms with Gasteiger partial charge in [0.15, 0.2) is 0 Å². The van der Waals surface area contributed by atoms with Crippen molar-refractivity contribution in [2.24, 2.45) is 0 Å². The number of ether oxygens (including phenoxy) is 3. The zero-order chi connectivity index (χ0) is 19.8. The number of fused-ring (bicyclic) bond motifs is 2. The number of nitrogens with zero attached hydrogens (tertiary/aromatic N) is 1. The van der Waals surface area contributed by atoms with Gasteiger partial charge in [-0.25, -0.2) is 4.79 Å². The van der Waals surface area contributed by atoms with Crippen molar-refractivity contribution >= 4 is 22.0 Å². The lowest BCUT2D eigenvalue weighted by atomic mass is 9.77. The summed E-state index contributed by atoms with van der Waals surface area (Å²) in [7, 11) is 0. The van der Waals surface area contributed by atoms with Crippen molar-refractivity contribution in [1.82, 2.24) is 4.90 Å². The van der Waals surface area contributed by atoms with E-state index in [0.717, 1.165) is 28.0 Å². The second-order valence-electron chi connectivity index (χ2n) is 8.12. The van der Waals surface area contributed by atoms with Crippen LogP contribution in [-0.2, 0) is 15.0 Å². The molecule has 5 nitrogen and oxygen atoms in total. The number of piperidine rings is 1. The molecule has 1 aromatic carbocycles. The summed E-state index contributed by atoms with van der Waals surface area (Å²) in [6.07, 6.45) is 3.27. The Morgan fingerprint density at radius 3 is 2.81 bits per heavy atom. The molecule has 6 heteroatoms. The van der Waals surface area contributed by atoms with Gasteiger partial charge in [0.1, 0.15) is 11.4 Å². The number of carbonyl (C=O) groups excluding carboxylic acids is 1. The van der Waals surface area contributed by atoms with E-state index in [0.29, 0.717) is 19.6 Å². The maximum atomic E-state index is 13.1. The summed E-state index contributed by atoms with van der Waals surface area (Å²) in [6.45, 7) is 10.8. The number of amides is 1. The van der Waals surface area contributed by atoms with Crippen molar-refractivity contribution in [1.29, 1.82) is 0 Å². The molecule has 2 atom stereocenters. The van der Waals surface area contributed by atoms with Crippen LogP contribution in [0.1, 0.15) is 53.0 Å². The Labute approximate surface area is 169 Å². The normalized spacial score (nSPS) is 24.9. The number of hydrogen-bond acceptors (Lipinski definition) is 4. The molecule has 1 amide bonds. The van der Waals surface area contributed by atoms with Crippen molar-refractivity contribution in [3.05, 3.63) is 40.1 Å². The van der Waals surface area contributed by atoms with Crippen LogP contribution in [0.25, 0.3) is 0 Å². The number of carbonyl (C=O) groups is 1. The van der Waals surface area contributed by atoms with Gasteiger partial charge in [-0.2, -0.15) is 0 Å². The van der Waals surface area contributed by atoms with E-state index in [1.807, 2.05) is 63.8 Å². The van der Waals surface area contributed by atoms with Crippen LogP contribution in [-0.4, -0.2) is 35.8 Å². The Bertz CT molecular complexity index is 755. The fraction of sp³-hybridized carbons (Fsp3) is 0.571. The highest BCUT2D eigenvalue weighted by atomic mass is 79.9. The van der Waals surface area contributed by atoms with Gasteiger partial charge >= 0.3 is 6.09 Å². The Hall–Kier alpha value is -1.53. The van der Waals surface area contributed by atoms with Crippen LogP contribution in [0.4, 0.5) is 4.79 Å². The molecule has 0 radical (unpaired) electrons. The number of likely N-dealkylation sites (tertiary alicyclic amines) is 1. The third-order valence-corrected chi connectivity index (χ3v) is 5.33. The highest BCUT2D eigenvalue weighted by molar-refractivity contribution is 9.10. The topological polar surface area (TPSA) is 48.0 Å². The first-order valence-electron chi connectivity index (χ1n) is 9.44. The van der Waals surface area contributed by atoms with Gasteiger partial charge in [-0.1, -0.05) is 22.0 Å². The van der Waals surface area contributed by atoms with Crippen molar-refractivity contribution < 1.29 is 19.0 Å². The lowest BCUT2D eigenvalue weighted by molar-refractivity contribution is -0.0519. The predicted molar refractivity (Wildman–Crippen MR) is 108 cm³/mol. The lowest BCUT2D eigenvalue weighted by Crippen LogP contribution is -2.56. The van der Waals surface area contributed by atoms with E-state index >= 15 is 0 Å². The fourth-order valence-corrected chi connectivity index (χ4v) is 4.27. The highest BCUT2D eigenvalue weighted by Gasteiger charge is 2.49. The monoisotopic (exact) mass is 437 g/mol. The van der Waals surface area contributed by atoms with Gasteiger partial charge in [-0.15, -0.1) is 0 Å². The summed E-state index contributed by atoms with van der Waals surface area (Å²) in [6, 6.07) is 5.95. The van der Waals surface area contributed by atoms with Crippen LogP contribution in [0, 0.1) is 0 Å². The zero-order valence-electron chi connectivity index (χ0n) is 16.7. The van der Waals surface area contributed by atoms with Crippen LogP contribution >= 0.6 is 15.9 Å². The van der Waals surface area contributed by atoms with Crippen LogP contribution < -0.4 is 4.74 Å². The summed E-state index contributed by atoms with van der Waals surface area (Å²) in [4.78, 5) is 15.0. The Balaban J connectivity index is 2.09. The minimum Gasteiger partial charge on any atom is -0.462 e. The first-order valence-corrected chi connectivity index (χ1v) is 10.2. The molecule has 1 fully saturated rings. The molecule has 2 aliphatic rings. The van der Waals surface area contributed by atoms with Crippen LogP contribution in [0.3, 0.4) is 0 Å². The largest absolute Gasteiger partial charge is 0.462 e. The van der Waals surface area contributed by atoms with E-state index in [9.17, 15) is 4.79 Å². The molecule has 2 heterocycles. The van der Waals surface area contributed by atoms with Crippen LogP contribution in [0.5, 0.6) is 5.75 Å². The van der Waals surface area contributed by atoms with Gasteiger partial charge in [0.05, 0.1) is 17.4 Å². The number of allylic oxidation sites excluding steroid dienone is 1. The van der Waals surface area contributed by atoms with Gasteiger partial charge in [0.2, 0.25) is 0 Å². The standard InChI is InChI=1S/C21H28BrNO4/c1-6-25-16-9-10-23(19(24)27-20(3,4)5)21(13-16)12-14(2)26-18-11-15(22)7-8-17(18)21/h7-8,11-12,16H,6,9-10,13H2,1-5H3. The van der Waals surface area contributed by atoms with E-state index in [2.05, 4.69) is 15.9 Å². The summed E-state index contributed by atoms with van der Waals surface area (Å²) in [5.74, 6) is 1.53. The molecular weight excluding hydrogens is 410 g/mol. The Kier molecular flexibility index (Phi) is 5.59. The molecule has 1 saturated heterocycles. The van der Waals surface area contributed by atoms with Crippen molar-refractivity contribution in [2.45, 2.75) is 64.7 Å². The maximum absolute atomic E-state index is 13.1. The molecule has 27 heavy (non-hydrogen) atoms. The second-order valence-corrected chi connectivity index (χ2v) is 9.04. The van der Waals surface area contributed by atoms with E-state index in [1.54, 1.807) is 0 Å². The molecule has 0 N–H and O–H groups in total. The molecule has 3 rings (SSSR count). The molecule has 0 bridgehead atoms. The van der Waals surface area contributed by atoms with Gasteiger partial charge in [0, 0.05) is 29.6 Å². The van der Waals surface area contributed by atoms with Gasteiger partial charge in [0.25, 0.3) is 0 Å². The Morgan fingerprint density at radius 1 is 1.41 bits per heavy atom. The molecule has 2 unspecified atom stereocenters. The molecular formula is C21H28BrNO4. The van der Waals surface area contributed by atoms with Crippen molar-refractivity contribution in [2.75, 3.05) is 13.2 Å². The lowest BCUT2D eigenvalue weighted by Gasteiger charge is -2.49. The minimum absolute atomic E-state index is 0.0762. The fourth-order valence-electron chi connectivity index (χ4n) is 3.93. The summed E-state index contributed by atoms with van der Waals surface area (Å²) < 4.78 is 18.6. The highest BCUT2D eigenvalue weighted by Crippen LogP contribution is 2.48. The van der Waals surface area contributed by atoms with Crippen molar-refractivity contribution in [3.8, 4) is 5.75 Å². The van der Waals surface area contributed by atoms with E-state index in [1.165, 1.54) is 0 Å². The van der Waals surface area contributed by atoms with Gasteiger partial charge in [-0.05, 0) is 59.2 Å². The SMILES string of the molecule is CCOC1CCN(C(=O)OC(C)(C)C)C2(C=C(C)Oc3cc(Br)ccc32)C1. The first-order chi connectivity index (χ1) is 12.6. The molecule has 1 spiro atoms. The third-order valence-electron chi connectivity index (χ3n) is 4.83. The second kappa shape index (κ2) is 7.47. The third kappa shape index (κ3) is 4.16. The smallest absolute Gasteiger partial charge is 0.411 e. The molecule has 2 aliphatic heterocycles. The summed E-state index contributed by atoms with van der Waals surface area (Å²) in [5.41, 5.74) is -0.230. The molecule has 0 saturated carbocycles. The van der Waals surface area contributed by atoms with Gasteiger partial charge < -0.3 is 14.2 Å². The predicted octanol–water partition coefficient (Wildman–Crippen LogP) is 5.38. The van der Waals surface area contributed by atoms with E-state index in [-0.39, 0.29) is 12.2 Å². The van der Waals surface area contributed by atoms with Crippen molar-refractivity contribution in [3.63, 3.8) is 0 Å². The average molecular weight is 438 g/mol. The molecule has 148 valence electrons. The summed E-state index contributed by atoms with van der Waals surface area (Å²) in [5, 5.41) is 0. The molecule has 1 aromatic rings. The van der Waals surface area contributed by atoms with E-state index in [4.69, 9.17) is 14.2 Å². The number of hydrogen-bond donors (Lipinski definition) is 0. The van der Waals surface area contributed by atoms with Gasteiger partial charge in [-0.3, -0.25) is 4.90 Å². The number of benzene rings is 1. The number of rotatable bonds is 2. The van der Waals surface area contributed by atoms with E-state index < -0.39 is 11.1 Å². The zero-order valence-corrected chi connectivity index (χ0v) is 18.3. The number of halogens is 1. The first kappa shape index (κ1) is 20.2. The average Bonchev–Trinajstić information content (AvgIpc) is 2.52. The van der Waals surface area contributed by atoms with Crippen LogP contribution in [0.2, 0.25) is 0 Å². The van der Waals surface area contributed by atoms with Crippen LogP contribution in [0.15, 0.2) is 34.5 Å². The minimum atomic E-state index is -0.640. The maximum Gasteiger partial charge on any atom is 0.411 e. The molecule has 0 aliphatic carbocycles. The quantitative estimate of drug-likeness (QED) is 0.623. The molecule has 0 aromatic heterocycles. The summed E-state index contributed by atoms with van der Waals surface area (Å²) >= 11 is 3.51.